The summed E-state index contributed by atoms with van der Waals surface area (Å²) >= 11 is 1.39. The molecule has 2 N–H and O–H groups in total. The molecule has 0 aliphatic carbocycles. The average Bonchev–Trinajstić information content (AvgIpc) is 2.62. The molecule has 2 aromatic rings. The van der Waals surface area contributed by atoms with E-state index in [4.69, 9.17) is 5.73 Å². The summed E-state index contributed by atoms with van der Waals surface area (Å²) < 4.78 is 1.81. The Labute approximate surface area is 79.2 Å². The minimum absolute atomic E-state index is 0.499. The van der Waals surface area contributed by atoms with Crippen molar-refractivity contribution in [2.45, 2.75) is 13.5 Å². The van der Waals surface area contributed by atoms with Gasteiger partial charge < -0.3 is 5.73 Å². The molecule has 0 unspecified atom stereocenters. The topological polar surface area (TPSA) is 69.6 Å². The predicted octanol–water partition coefficient (Wildman–Crippen LogP) is 0.674. The van der Waals surface area contributed by atoms with Gasteiger partial charge in [0.1, 0.15) is 5.01 Å². The first-order valence-corrected chi connectivity index (χ1v) is 4.63. The van der Waals surface area contributed by atoms with Gasteiger partial charge in [-0.15, -0.1) is 10.2 Å². The summed E-state index contributed by atoms with van der Waals surface area (Å²) in [5.41, 5.74) is 6.45. The predicted molar refractivity (Wildman–Crippen MR) is 50.4 cm³/mol. The molecule has 0 bridgehead atoms. The molecule has 2 aromatic heterocycles. The molecule has 0 aliphatic heterocycles. The fraction of sp³-hybridized carbons (Fsp3) is 0.286. The van der Waals surface area contributed by atoms with Gasteiger partial charge in [-0.25, -0.2) is 0 Å². The standard InChI is InChI=1S/C7H9N5S/c1-5-2-3-12(11-5)4-6-9-10-7(8)13-6/h2-3H,4H2,1H3,(H2,8,10). The van der Waals surface area contributed by atoms with Crippen LogP contribution in [0.15, 0.2) is 12.3 Å². The zero-order valence-electron chi connectivity index (χ0n) is 7.14. The van der Waals surface area contributed by atoms with Crippen LogP contribution >= 0.6 is 11.3 Å². The highest BCUT2D eigenvalue weighted by molar-refractivity contribution is 7.15. The molecule has 2 heterocycles. The number of nitrogens with zero attached hydrogens (tertiary/aromatic N) is 4. The number of hydrogen-bond donors (Lipinski definition) is 1. The highest BCUT2D eigenvalue weighted by Crippen LogP contribution is 2.11. The molecule has 13 heavy (non-hydrogen) atoms. The Balaban J connectivity index is 2.14. The van der Waals surface area contributed by atoms with Gasteiger partial charge >= 0.3 is 0 Å². The quantitative estimate of drug-likeness (QED) is 0.764. The van der Waals surface area contributed by atoms with Crippen molar-refractivity contribution in [1.82, 2.24) is 20.0 Å². The van der Waals surface area contributed by atoms with Gasteiger partial charge in [0.2, 0.25) is 5.13 Å². The fourth-order valence-corrected chi connectivity index (χ4v) is 1.62. The van der Waals surface area contributed by atoms with Crippen molar-refractivity contribution in [3.63, 3.8) is 0 Å². The largest absolute Gasteiger partial charge is 0.374 e. The zero-order chi connectivity index (χ0) is 9.26. The molecule has 0 fully saturated rings. The van der Waals surface area contributed by atoms with Crippen molar-refractivity contribution in [2.75, 3.05) is 5.73 Å². The maximum Gasteiger partial charge on any atom is 0.203 e. The SMILES string of the molecule is Cc1ccn(Cc2nnc(N)s2)n1. The fourth-order valence-electron chi connectivity index (χ4n) is 1.02. The van der Waals surface area contributed by atoms with E-state index in [1.807, 2.05) is 23.9 Å². The third kappa shape index (κ3) is 1.83. The number of aryl methyl sites for hydroxylation is 1. The van der Waals surface area contributed by atoms with Gasteiger partial charge in [-0.3, -0.25) is 4.68 Å². The van der Waals surface area contributed by atoms with E-state index in [0.717, 1.165) is 10.7 Å². The lowest BCUT2D eigenvalue weighted by atomic mass is 10.5. The molecule has 0 aromatic carbocycles. The van der Waals surface area contributed by atoms with Gasteiger partial charge in [0.05, 0.1) is 12.2 Å². The zero-order valence-corrected chi connectivity index (χ0v) is 7.95. The summed E-state index contributed by atoms with van der Waals surface area (Å²) in [6.45, 7) is 2.59. The van der Waals surface area contributed by atoms with Crippen LogP contribution in [0.25, 0.3) is 0 Å². The summed E-state index contributed by atoms with van der Waals surface area (Å²) in [5.74, 6) is 0. The normalized spacial score (nSPS) is 10.5. The molecule has 0 saturated carbocycles. The summed E-state index contributed by atoms with van der Waals surface area (Å²) in [6, 6.07) is 1.95. The Kier molecular flexibility index (Phi) is 1.97. The van der Waals surface area contributed by atoms with Crippen LogP contribution in [0.4, 0.5) is 5.13 Å². The van der Waals surface area contributed by atoms with Crippen LogP contribution in [0.5, 0.6) is 0 Å². The Hall–Kier alpha value is -1.43. The highest BCUT2D eigenvalue weighted by atomic mass is 32.1. The average molecular weight is 195 g/mol. The molecular formula is C7H9N5S. The first-order valence-electron chi connectivity index (χ1n) is 3.82. The van der Waals surface area contributed by atoms with Crippen molar-refractivity contribution in [1.29, 1.82) is 0 Å². The maximum atomic E-state index is 5.45. The van der Waals surface area contributed by atoms with E-state index < -0.39 is 0 Å². The molecule has 0 amide bonds. The van der Waals surface area contributed by atoms with E-state index in [1.54, 1.807) is 0 Å². The van der Waals surface area contributed by atoms with E-state index in [0.29, 0.717) is 11.7 Å². The number of hydrogen-bond acceptors (Lipinski definition) is 5. The van der Waals surface area contributed by atoms with Gasteiger partial charge in [0.25, 0.3) is 0 Å². The number of nitrogens with two attached hydrogens (primary N) is 1. The van der Waals surface area contributed by atoms with E-state index >= 15 is 0 Å². The van der Waals surface area contributed by atoms with Gasteiger partial charge in [-0.05, 0) is 13.0 Å². The number of aromatic nitrogens is 4. The van der Waals surface area contributed by atoms with Crippen molar-refractivity contribution in [3.8, 4) is 0 Å². The van der Waals surface area contributed by atoms with Crippen LogP contribution in [-0.2, 0) is 6.54 Å². The second kappa shape index (κ2) is 3.14. The lowest BCUT2D eigenvalue weighted by Gasteiger charge is -1.94. The second-order valence-corrected chi connectivity index (χ2v) is 3.78. The van der Waals surface area contributed by atoms with Crippen LogP contribution in [-0.4, -0.2) is 20.0 Å². The first kappa shape index (κ1) is 8.18. The Morgan fingerprint density at radius 1 is 1.54 bits per heavy atom. The van der Waals surface area contributed by atoms with E-state index in [1.165, 1.54) is 11.3 Å². The summed E-state index contributed by atoms with van der Waals surface area (Å²) in [6.07, 6.45) is 1.91. The van der Waals surface area contributed by atoms with E-state index in [-0.39, 0.29) is 0 Å². The van der Waals surface area contributed by atoms with Crippen LogP contribution in [0, 0.1) is 6.92 Å². The molecule has 6 heteroatoms. The van der Waals surface area contributed by atoms with Crippen LogP contribution in [0.1, 0.15) is 10.7 Å². The third-order valence-electron chi connectivity index (χ3n) is 1.55. The van der Waals surface area contributed by atoms with E-state index in [9.17, 15) is 0 Å². The molecule has 2 rings (SSSR count). The number of anilines is 1. The molecule has 0 spiro atoms. The molecule has 0 atom stereocenters. The van der Waals surface area contributed by atoms with Gasteiger partial charge in [0.15, 0.2) is 0 Å². The summed E-state index contributed by atoms with van der Waals surface area (Å²) in [5, 5.41) is 13.2. The van der Waals surface area contributed by atoms with Crippen LogP contribution in [0.2, 0.25) is 0 Å². The maximum absolute atomic E-state index is 5.45. The first-order chi connectivity index (χ1) is 6.24. The van der Waals surface area contributed by atoms with Crippen molar-refractivity contribution in [2.24, 2.45) is 0 Å². The van der Waals surface area contributed by atoms with Gasteiger partial charge in [0, 0.05) is 6.20 Å². The smallest absolute Gasteiger partial charge is 0.203 e. The summed E-state index contributed by atoms with van der Waals surface area (Å²) in [4.78, 5) is 0. The van der Waals surface area contributed by atoms with Crippen molar-refractivity contribution < 1.29 is 0 Å². The molecule has 68 valence electrons. The molecule has 5 nitrogen and oxygen atoms in total. The van der Waals surface area contributed by atoms with Crippen LogP contribution < -0.4 is 5.73 Å². The van der Waals surface area contributed by atoms with Crippen LogP contribution in [0.3, 0.4) is 0 Å². The molecular weight excluding hydrogens is 186 g/mol. The van der Waals surface area contributed by atoms with Gasteiger partial charge in [-0.2, -0.15) is 5.10 Å². The Morgan fingerprint density at radius 3 is 2.92 bits per heavy atom. The van der Waals surface area contributed by atoms with E-state index in [2.05, 4.69) is 15.3 Å². The highest BCUT2D eigenvalue weighted by Gasteiger charge is 2.02. The molecule has 0 saturated heterocycles. The van der Waals surface area contributed by atoms with Gasteiger partial charge in [-0.1, -0.05) is 11.3 Å². The minimum Gasteiger partial charge on any atom is -0.374 e. The monoisotopic (exact) mass is 195 g/mol. The number of nitrogen functional groups attached to an aromatic ring is 1. The lowest BCUT2D eigenvalue weighted by Crippen LogP contribution is -1.99. The number of rotatable bonds is 2. The second-order valence-electron chi connectivity index (χ2n) is 2.69. The Morgan fingerprint density at radius 2 is 2.38 bits per heavy atom. The molecule has 0 aliphatic rings. The third-order valence-corrected chi connectivity index (χ3v) is 2.29. The molecule has 0 radical (unpaired) electrons. The summed E-state index contributed by atoms with van der Waals surface area (Å²) in [7, 11) is 0. The lowest BCUT2D eigenvalue weighted by molar-refractivity contribution is 0.670. The van der Waals surface area contributed by atoms with Crippen molar-refractivity contribution in [3.05, 3.63) is 23.0 Å². The van der Waals surface area contributed by atoms with Crippen molar-refractivity contribution >= 4 is 16.5 Å². The minimum atomic E-state index is 0.499. The Bertz CT molecular complexity index is 366.